The fourth-order valence-corrected chi connectivity index (χ4v) is 1.18. The molecular weight excluding hydrogens is 142 g/mol. The van der Waals surface area contributed by atoms with Gasteiger partial charge in [-0.05, 0) is 12.8 Å². The fraction of sp³-hybridized carbons (Fsp3) is 0.857. The molecule has 64 valence electrons. The summed E-state index contributed by atoms with van der Waals surface area (Å²) in [6, 6.07) is 0.0208. The maximum atomic E-state index is 11.2. The summed E-state index contributed by atoms with van der Waals surface area (Å²) in [6.07, 6.45) is 2.28. The van der Waals surface area contributed by atoms with Gasteiger partial charge in [0.25, 0.3) is 0 Å². The molecule has 0 aliphatic carbocycles. The lowest BCUT2D eigenvalue weighted by Gasteiger charge is -2.19. The van der Waals surface area contributed by atoms with E-state index in [-0.39, 0.29) is 6.03 Å². The lowest BCUT2D eigenvalue weighted by molar-refractivity contribution is 0.180. The molecule has 0 aromatic heterocycles. The molecule has 1 aliphatic rings. The van der Waals surface area contributed by atoms with Crippen LogP contribution in [0.2, 0.25) is 0 Å². The summed E-state index contributed by atoms with van der Waals surface area (Å²) in [5.74, 6) is 0. The lowest BCUT2D eigenvalue weighted by atomic mass is 10.4. The Kier molecular flexibility index (Phi) is 2.70. The molecule has 11 heavy (non-hydrogen) atoms. The minimum atomic E-state index is 0.0208. The van der Waals surface area contributed by atoms with Crippen LogP contribution >= 0.6 is 0 Å². The SMILES string of the molecule is CN(C)NC(=O)N1CCCC1. The van der Waals surface area contributed by atoms with Gasteiger partial charge in [-0.25, -0.2) is 9.80 Å². The van der Waals surface area contributed by atoms with Crippen molar-refractivity contribution in [2.24, 2.45) is 0 Å². The molecule has 4 heteroatoms. The average molecular weight is 157 g/mol. The highest BCUT2D eigenvalue weighted by Gasteiger charge is 2.17. The number of likely N-dealkylation sites (tertiary alicyclic amines) is 1. The number of hydrogen-bond acceptors (Lipinski definition) is 2. The van der Waals surface area contributed by atoms with Gasteiger partial charge in [-0.1, -0.05) is 0 Å². The first-order valence-corrected chi connectivity index (χ1v) is 3.93. The Hall–Kier alpha value is -0.770. The van der Waals surface area contributed by atoms with Crippen LogP contribution in [0.1, 0.15) is 12.8 Å². The Bertz CT molecular complexity index is 141. The number of hydrogen-bond donors (Lipinski definition) is 1. The van der Waals surface area contributed by atoms with E-state index in [1.807, 2.05) is 19.0 Å². The number of hydrazine groups is 1. The summed E-state index contributed by atoms with van der Waals surface area (Å²) >= 11 is 0. The first-order chi connectivity index (χ1) is 5.20. The van der Waals surface area contributed by atoms with Crippen molar-refractivity contribution < 1.29 is 4.79 Å². The van der Waals surface area contributed by atoms with Gasteiger partial charge < -0.3 is 4.90 Å². The zero-order valence-electron chi connectivity index (χ0n) is 7.13. The van der Waals surface area contributed by atoms with Crippen molar-refractivity contribution in [2.75, 3.05) is 27.2 Å². The van der Waals surface area contributed by atoms with Crippen molar-refractivity contribution in [2.45, 2.75) is 12.8 Å². The number of nitrogens with one attached hydrogen (secondary N) is 1. The van der Waals surface area contributed by atoms with E-state index in [1.165, 1.54) is 0 Å². The van der Waals surface area contributed by atoms with E-state index in [1.54, 1.807) is 5.01 Å². The zero-order valence-corrected chi connectivity index (χ0v) is 7.13. The minimum Gasteiger partial charge on any atom is -0.324 e. The Balaban J connectivity index is 2.28. The summed E-state index contributed by atoms with van der Waals surface area (Å²) in [4.78, 5) is 13.1. The topological polar surface area (TPSA) is 35.6 Å². The van der Waals surface area contributed by atoms with Crippen molar-refractivity contribution >= 4 is 6.03 Å². The second-order valence-corrected chi connectivity index (χ2v) is 3.01. The van der Waals surface area contributed by atoms with Crippen LogP contribution in [0.4, 0.5) is 4.79 Å². The van der Waals surface area contributed by atoms with Gasteiger partial charge in [0.1, 0.15) is 0 Å². The maximum absolute atomic E-state index is 11.2. The molecule has 1 saturated heterocycles. The van der Waals surface area contributed by atoms with Gasteiger partial charge in [0, 0.05) is 27.2 Å². The Labute approximate surface area is 67.1 Å². The third-order valence-electron chi connectivity index (χ3n) is 1.71. The summed E-state index contributed by atoms with van der Waals surface area (Å²) in [5.41, 5.74) is 2.70. The summed E-state index contributed by atoms with van der Waals surface area (Å²) in [6.45, 7) is 1.80. The van der Waals surface area contributed by atoms with Gasteiger partial charge in [0.15, 0.2) is 0 Å². The fourth-order valence-electron chi connectivity index (χ4n) is 1.18. The highest BCUT2D eigenvalue weighted by molar-refractivity contribution is 5.73. The third kappa shape index (κ3) is 2.38. The second kappa shape index (κ2) is 3.57. The summed E-state index contributed by atoms with van der Waals surface area (Å²) < 4.78 is 0. The van der Waals surface area contributed by atoms with Crippen LogP contribution in [0.3, 0.4) is 0 Å². The van der Waals surface area contributed by atoms with Crippen LogP contribution < -0.4 is 5.43 Å². The Morgan fingerprint density at radius 1 is 1.36 bits per heavy atom. The molecule has 1 N–H and O–H groups in total. The first kappa shape index (κ1) is 8.33. The highest BCUT2D eigenvalue weighted by Crippen LogP contribution is 2.06. The van der Waals surface area contributed by atoms with Crippen LogP contribution in [0.25, 0.3) is 0 Å². The second-order valence-electron chi connectivity index (χ2n) is 3.01. The van der Waals surface area contributed by atoms with E-state index in [2.05, 4.69) is 5.43 Å². The summed E-state index contributed by atoms with van der Waals surface area (Å²) in [5, 5.41) is 1.67. The van der Waals surface area contributed by atoms with E-state index < -0.39 is 0 Å². The number of carbonyl (C=O) groups excluding carboxylic acids is 1. The van der Waals surface area contributed by atoms with Crippen LogP contribution in [-0.4, -0.2) is 43.1 Å². The molecule has 2 amide bonds. The van der Waals surface area contributed by atoms with Crippen molar-refractivity contribution in [3.63, 3.8) is 0 Å². The molecule has 4 nitrogen and oxygen atoms in total. The van der Waals surface area contributed by atoms with Crippen molar-refractivity contribution in [1.82, 2.24) is 15.3 Å². The molecule has 0 aromatic carbocycles. The molecule has 1 aliphatic heterocycles. The molecule has 0 aromatic rings. The molecule has 0 spiro atoms. The maximum Gasteiger partial charge on any atom is 0.331 e. The normalized spacial score (nSPS) is 17.5. The van der Waals surface area contributed by atoms with Gasteiger partial charge >= 0.3 is 6.03 Å². The van der Waals surface area contributed by atoms with Gasteiger partial charge in [0.2, 0.25) is 0 Å². The highest BCUT2D eigenvalue weighted by atomic mass is 16.2. The molecule has 0 atom stereocenters. The first-order valence-electron chi connectivity index (χ1n) is 3.93. The summed E-state index contributed by atoms with van der Waals surface area (Å²) in [7, 11) is 3.63. The molecule has 1 fully saturated rings. The smallest absolute Gasteiger partial charge is 0.324 e. The van der Waals surface area contributed by atoms with E-state index in [9.17, 15) is 4.79 Å². The van der Waals surface area contributed by atoms with Crippen LogP contribution in [0.5, 0.6) is 0 Å². The van der Waals surface area contributed by atoms with Crippen LogP contribution in [-0.2, 0) is 0 Å². The Morgan fingerprint density at radius 2 is 1.91 bits per heavy atom. The van der Waals surface area contributed by atoms with E-state index in [4.69, 9.17) is 0 Å². The molecule has 1 heterocycles. The predicted molar refractivity (Wildman–Crippen MR) is 43.0 cm³/mol. The van der Waals surface area contributed by atoms with E-state index in [0.29, 0.717) is 0 Å². The van der Waals surface area contributed by atoms with Crippen molar-refractivity contribution in [3.05, 3.63) is 0 Å². The minimum absolute atomic E-state index is 0.0208. The van der Waals surface area contributed by atoms with Crippen LogP contribution in [0, 0.1) is 0 Å². The van der Waals surface area contributed by atoms with Crippen LogP contribution in [0.15, 0.2) is 0 Å². The van der Waals surface area contributed by atoms with Gasteiger partial charge in [-0.3, -0.25) is 5.43 Å². The number of rotatable bonds is 1. The van der Waals surface area contributed by atoms with Crippen molar-refractivity contribution in [3.8, 4) is 0 Å². The number of nitrogens with zero attached hydrogens (tertiary/aromatic N) is 2. The largest absolute Gasteiger partial charge is 0.331 e. The lowest BCUT2D eigenvalue weighted by Crippen LogP contribution is -2.44. The molecule has 1 rings (SSSR count). The monoisotopic (exact) mass is 157 g/mol. The van der Waals surface area contributed by atoms with Gasteiger partial charge in [-0.2, -0.15) is 0 Å². The standard InChI is InChI=1S/C7H15N3O/c1-9(2)8-7(11)10-5-3-4-6-10/h3-6H2,1-2H3,(H,8,11). The molecular formula is C7H15N3O. The van der Waals surface area contributed by atoms with E-state index >= 15 is 0 Å². The molecule has 0 radical (unpaired) electrons. The van der Waals surface area contributed by atoms with E-state index in [0.717, 1.165) is 25.9 Å². The molecule has 0 bridgehead atoms. The quantitative estimate of drug-likeness (QED) is 0.554. The predicted octanol–water partition coefficient (Wildman–Crippen LogP) is 0.268. The van der Waals surface area contributed by atoms with Gasteiger partial charge in [0.05, 0.1) is 0 Å². The van der Waals surface area contributed by atoms with Gasteiger partial charge in [-0.15, -0.1) is 0 Å². The number of carbonyl (C=O) groups is 1. The van der Waals surface area contributed by atoms with Crippen molar-refractivity contribution in [1.29, 1.82) is 0 Å². The number of urea groups is 1. The molecule has 0 saturated carbocycles. The molecule has 0 unspecified atom stereocenters. The third-order valence-corrected chi connectivity index (χ3v) is 1.71. The zero-order chi connectivity index (χ0) is 8.27. The Morgan fingerprint density at radius 3 is 2.36 bits per heavy atom. The number of amides is 2. The average Bonchev–Trinajstić information content (AvgIpc) is 2.35.